The van der Waals surface area contributed by atoms with Gasteiger partial charge in [0, 0.05) is 13.0 Å². The smallest absolute Gasteiger partial charge is 0.0821 e. The Balaban J connectivity index is 1.81. The van der Waals surface area contributed by atoms with E-state index >= 15 is 0 Å². The summed E-state index contributed by atoms with van der Waals surface area (Å²) in [5, 5.41) is 0. The predicted molar refractivity (Wildman–Crippen MR) is 47.5 cm³/mol. The zero-order chi connectivity index (χ0) is 8.10. The third kappa shape index (κ3) is 3.38. The van der Waals surface area contributed by atoms with Crippen molar-refractivity contribution in [2.24, 2.45) is 0 Å². The minimum atomic E-state index is 0.402. The molecule has 1 atom stereocenters. The van der Waals surface area contributed by atoms with Gasteiger partial charge in [-0.25, -0.2) is 0 Å². The summed E-state index contributed by atoms with van der Waals surface area (Å²) in [6.45, 7) is 8.37. The van der Waals surface area contributed by atoms with Gasteiger partial charge in [0.05, 0.1) is 6.10 Å². The topological polar surface area (TPSA) is 9.23 Å². The van der Waals surface area contributed by atoms with E-state index in [1.54, 1.807) is 0 Å². The van der Waals surface area contributed by atoms with Crippen LogP contribution in [0.5, 0.6) is 0 Å². The first-order chi connectivity index (χ1) is 5.34. The summed E-state index contributed by atoms with van der Waals surface area (Å²) in [7, 11) is 0. The maximum Gasteiger partial charge on any atom is 0.0821 e. The molecule has 0 radical (unpaired) electrons. The number of allylic oxidation sites excluding steroid dienone is 1. The van der Waals surface area contributed by atoms with Gasteiger partial charge in [-0.15, -0.1) is 6.58 Å². The van der Waals surface area contributed by atoms with E-state index < -0.39 is 0 Å². The molecule has 0 saturated heterocycles. The van der Waals surface area contributed by atoms with Crippen molar-refractivity contribution in [3.63, 3.8) is 0 Å². The van der Waals surface area contributed by atoms with Crippen LogP contribution in [0.25, 0.3) is 0 Å². The van der Waals surface area contributed by atoms with E-state index in [1.165, 1.54) is 12.0 Å². The van der Waals surface area contributed by atoms with E-state index in [2.05, 4.69) is 13.2 Å². The van der Waals surface area contributed by atoms with E-state index in [0.29, 0.717) is 6.10 Å². The highest BCUT2D eigenvalue weighted by Gasteiger charge is 2.27. The van der Waals surface area contributed by atoms with Gasteiger partial charge < -0.3 is 4.74 Å². The lowest BCUT2D eigenvalue weighted by Gasteiger charge is -1.99. The van der Waals surface area contributed by atoms with Crippen molar-refractivity contribution in [2.45, 2.75) is 31.8 Å². The van der Waals surface area contributed by atoms with E-state index in [4.69, 9.17) is 4.74 Å². The van der Waals surface area contributed by atoms with Gasteiger partial charge in [0.25, 0.3) is 0 Å². The van der Waals surface area contributed by atoms with Crippen LogP contribution < -0.4 is 0 Å². The normalized spacial score (nSPS) is 21.8. The molecule has 1 rings (SSSR count). The molecular weight excluding hydrogens is 136 g/mol. The molecule has 1 fully saturated rings. The summed E-state index contributed by atoms with van der Waals surface area (Å²) in [5.41, 5.74) is 1.26. The van der Waals surface area contributed by atoms with Gasteiger partial charge in [0.2, 0.25) is 0 Å². The molecule has 1 unspecified atom stereocenters. The molecular formula is C10H16O. The number of ether oxygens (including phenoxy) is 1. The summed E-state index contributed by atoms with van der Waals surface area (Å²) in [6, 6.07) is 0. The lowest BCUT2D eigenvalue weighted by Crippen LogP contribution is -1.95. The van der Waals surface area contributed by atoms with Crippen LogP contribution >= 0.6 is 0 Å². The van der Waals surface area contributed by atoms with Gasteiger partial charge in [-0.05, 0) is 24.8 Å². The van der Waals surface area contributed by atoms with Crippen LogP contribution in [0.4, 0.5) is 0 Å². The molecule has 0 heterocycles. The van der Waals surface area contributed by atoms with Crippen LogP contribution in [-0.2, 0) is 4.74 Å². The molecule has 0 aliphatic heterocycles. The zero-order valence-corrected chi connectivity index (χ0v) is 7.01. The molecule has 0 aromatic carbocycles. The van der Waals surface area contributed by atoms with Crippen molar-refractivity contribution in [3.8, 4) is 0 Å². The number of unbranched alkanes of at least 4 members (excludes halogenated alkanes) is 2. The van der Waals surface area contributed by atoms with Crippen molar-refractivity contribution in [1.82, 2.24) is 0 Å². The lowest BCUT2D eigenvalue weighted by atomic mass is 10.2. The van der Waals surface area contributed by atoms with E-state index in [0.717, 1.165) is 25.9 Å². The summed E-state index contributed by atoms with van der Waals surface area (Å²) < 4.78 is 5.48. The highest BCUT2D eigenvalue weighted by Crippen LogP contribution is 2.30. The highest BCUT2D eigenvalue weighted by molar-refractivity contribution is 5.21. The quantitative estimate of drug-likeness (QED) is 0.420. The molecule has 1 aliphatic carbocycles. The summed E-state index contributed by atoms with van der Waals surface area (Å²) in [6.07, 6.45) is 6.89. The minimum Gasteiger partial charge on any atom is -0.374 e. The van der Waals surface area contributed by atoms with Crippen molar-refractivity contribution in [3.05, 3.63) is 24.8 Å². The van der Waals surface area contributed by atoms with Gasteiger partial charge in [0.1, 0.15) is 0 Å². The fourth-order valence-corrected chi connectivity index (χ4v) is 0.972. The molecule has 1 heteroatoms. The molecule has 62 valence electrons. The molecule has 0 aromatic heterocycles. The van der Waals surface area contributed by atoms with E-state index in [-0.39, 0.29) is 0 Å². The fourth-order valence-electron chi connectivity index (χ4n) is 0.972. The van der Waals surface area contributed by atoms with Crippen LogP contribution in [0, 0.1) is 0 Å². The second-order valence-electron chi connectivity index (χ2n) is 3.01. The van der Waals surface area contributed by atoms with Crippen LogP contribution in [0.3, 0.4) is 0 Å². The Hall–Kier alpha value is -0.560. The third-order valence-corrected chi connectivity index (χ3v) is 1.86. The second-order valence-corrected chi connectivity index (χ2v) is 3.01. The molecule has 0 amide bonds. The molecule has 1 saturated carbocycles. The lowest BCUT2D eigenvalue weighted by molar-refractivity contribution is 0.124. The van der Waals surface area contributed by atoms with E-state index in [9.17, 15) is 0 Å². The Morgan fingerprint density at radius 3 is 2.82 bits per heavy atom. The third-order valence-electron chi connectivity index (χ3n) is 1.86. The number of hydrogen-bond donors (Lipinski definition) is 0. The molecule has 0 N–H and O–H groups in total. The maximum atomic E-state index is 5.48. The second kappa shape index (κ2) is 4.35. The molecule has 1 aliphatic rings. The fraction of sp³-hybridized carbons (Fsp3) is 0.600. The van der Waals surface area contributed by atoms with Crippen LogP contribution in [0.15, 0.2) is 24.8 Å². The van der Waals surface area contributed by atoms with Gasteiger partial charge in [-0.3, -0.25) is 0 Å². The van der Waals surface area contributed by atoms with E-state index in [1.807, 2.05) is 6.08 Å². The Morgan fingerprint density at radius 1 is 1.55 bits per heavy atom. The van der Waals surface area contributed by atoms with Crippen LogP contribution in [0.1, 0.15) is 25.7 Å². The van der Waals surface area contributed by atoms with Gasteiger partial charge in [-0.1, -0.05) is 12.7 Å². The Kier molecular flexibility index (Phi) is 3.37. The highest BCUT2D eigenvalue weighted by atomic mass is 16.5. The zero-order valence-electron chi connectivity index (χ0n) is 7.01. The molecule has 1 nitrogen and oxygen atoms in total. The van der Waals surface area contributed by atoms with Crippen molar-refractivity contribution in [1.29, 1.82) is 0 Å². The van der Waals surface area contributed by atoms with Crippen molar-refractivity contribution >= 4 is 0 Å². The van der Waals surface area contributed by atoms with Crippen LogP contribution in [0.2, 0.25) is 0 Å². The standard InChI is InChI=1S/C10H16O/c1-3-4-5-6-7-11-10-8-9(10)2/h3,10H,1-2,4-8H2. The SMILES string of the molecule is C=CCCCCOC1CC1=C. The molecule has 11 heavy (non-hydrogen) atoms. The van der Waals surface area contributed by atoms with Gasteiger partial charge >= 0.3 is 0 Å². The monoisotopic (exact) mass is 152 g/mol. The average Bonchev–Trinajstić information content (AvgIpc) is 2.67. The molecule has 0 spiro atoms. The molecule has 0 aromatic rings. The van der Waals surface area contributed by atoms with Crippen molar-refractivity contribution in [2.75, 3.05) is 6.61 Å². The first kappa shape index (κ1) is 8.54. The predicted octanol–water partition coefficient (Wildman–Crippen LogP) is 2.69. The first-order valence-electron chi connectivity index (χ1n) is 4.24. The Morgan fingerprint density at radius 2 is 2.27 bits per heavy atom. The van der Waals surface area contributed by atoms with Crippen molar-refractivity contribution < 1.29 is 4.74 Å². The minimum absolute atomic E-state index is 0.402. The number of hydrogen-bond acceptors (Lipinski definition) is 1. The average molecular weight is 152 g/mol. The number of rotatable bonds is 6. The van der Waals surface area contributed by atoms with Crippen LogP contribution in [-0.4, -0.2) is 12.7 Å². The Bertz CT molecular complexity index is 149. The molecule has 0 bridgehead atoms. The summed E-state index contributed by atoms with van der Waals surface area (Å²) >= 11 is 0. The maximum absolute atomic E-state index is 5.48. The first-order valence-corrected chi connectivity index (χ1v) is 4.24. The summed E-state index contributed by atoms with van der Waals surface area (Å²) in [5.74, 6) is 0. The van der Waals surface area contributed by atoms with Gasteiger partial charge in [0.15, 0.2) is 0 Å². The summed E-state index contributed by atoms with van der Waals surface area (Å²) in [4.78, 5) is 0. The Labute approximate surface area is 68.8 Å². The largest absolute Gasteiger partial charge is 0.374 e. The van der Waals surface area contributed by atoms with Gasteiger partial charge in [-0.2, -0.15) is 0 Å².